The Morgan fingerprint density at radius 3 is 2.23 bits per heavy atom. The van der Waals surface area contributed by atoms with Gasteiger partial charge >= 0.3 is 0 Å². The maximum absolute atomic E-state index is 11.5. The zero-order valence-electron chi connectivity index (χ0n) is 18.1. The minimum absolute atomic E-state index is 0.548. The molecule has 0 aromatic heterocycles. The number of aryl methyl sites for hydroxylation is 1. The van der Waals surface area contributed by atoms with Crippen LogP contribution < -0.4 is 9.47 Å². The van der Waals surface area contributed by atoms with Crippen molar-refractivity contribution in [2.24, 2.45) is 0 Å². The number of hydrogen-bond donors (Lipinski definition) is 1. The predicted octanol–water partition coefficient (Wildman–Crippen LogP) is 6.32. The molecular weight excluding hydrogens is 372 g/mol. The van der Waals surface area contributed by atoms with Gasteiger partial charge in [0.2, 0.25) is 0 Å². The molecule has 156 valence electrons. The van der Waals surface area contributed by atoms with E-state index >= 15 is 0 Å². The van der Waals surface area contributed by atoms with Crippen molar-refractivity contribution in [2.75, 3.05) is 7.11 Å². The van der Waals surface area contributed by atoms with Crippen LogP contribution in [0, 0.1) is 13.8 Å². The smallest absolute Gasteiger partial charge is 0.125 e. The average molecular weight is 403 g/mol. The van der Waals surface area contributed by atoms with Crippen LogP contribution in [0.25, 0.3) is 11.1 Å². The highest BCUT2D eigenvalue weighted by atomic mass is 16.5. The number of rotatable bonds is 6. The second-order valence-corrected chi connectivity index (χ2v) is 8.31. The van der Waals surface area contributed by atoms with E-state index in [0.717, 1.165) is 70.6 Å². The molecule has 0 spiro atoms. The summed E-state index contributed by atoms with van der Waals surface area (Å²) in [6, 6.07) is 20.5. The molecule has 3 aromatic carbocycles. The quantitative estimate of drug-likeness (QED) is 0.524. The Kier molecular flexibility index (Phi) is 5.83. The van der Waals surface area contributed by atoms with Gasteiger partial charge in [-0.05, 0) is 78.3 Å². The van der Waals surface area contributed by atoms with Crippen LogP contribution in [-0.4, -0.2) is 12.2 Å². The largest absolute Gasteiger partial charge is 0.496 e. The van der Waals surface area contributed by atoms with Crippen LogP contribution in [0.3, 0.4) is 0 Å². The summed E-state index contributed by atoms with van der Waals surface area (Å²) in [5, 5.41) is 11.5. The van der Waals surface area contributed by atoms with Gasteiger partial charge in [-0.15, -0.1) is 0 Å². The maximum Gasteiger partial charge on any atom is 0.125 e. The van der Waals surface area contributed by atoms with E-state index in [0.29, 0.717) is 6.61 Å². The van der Waals surface area contributed by atoms with Crippen molar-refractivity contribution in [1.82, 2.24) is 0 Å². The highest BCUT2D eigenvalue weighted by Gasteiger charge is 2.37. The van der Waals surface area contributed by atoms with Crippen LogP contribution in [0.5, 0.6) is 11.5 Å². The molecule has 0 bridgehead atoms. The lowest BCUT2D eigenvalue weighted by atomic mass is 9.81. The van der Waals surface area contributed by atoms with Gasteiger partial charge in [0.1, 0.15) is 18.1 Å². The highest BCUT2D eigenvalue weighted by molar-refractivity contribution is 5.74. The third-order valence-corrected chi connectivity index (χ3v) is 6.22. The second kappa shape index (κ2) is 8.53. The first-order chi connectivity index (χ1) is 14.5. The van der Waals surface area contributed by atoms with Crippen LogP contribution in [0.15, 0.2) is 60.7 Å². The summed E-state index contributed by atoms with van der Waals surface area (Å²) >= 11 is 0. The lowest BCUT2D eigenvalue weighted by Crippen LogP contribution is -2.24. The topological polar surface area (TPSA) is 38.7 Å². The van der Waals surface area contributed by atoms with Gasteiger partial charge in [-0.25, -0.2) is 0 Å². The van der Waals surface area contributed by atoms with Crippen LogP contribution in [0.2, 0.25) is 0 Å². The van der Waals surface area contributed by atoms with Crippen molar-refractivity contribution in [3.8, 4) is 22.6 Å². The molecule has 0 heterocycles. The van der Waals surface area contributed by atoms with Crippen LogP contribution in [0.1, 0.15) is 47.9 Å². The summed E-state index contributed by atoms with van der Waals surface area (Å²) in [5.41, 5.74) is 5.68. The molecule has 0 radical (unpaired) electrons. The van der Waals surface area contributed by atoms with Crippen LogP contribution >= 0.6 is 0 Å². The molecule has 30 heavy (non-hydrogen) atoms. The molecule has 3 nitrogen and oxygen atoms in total. The Balaban J connectivity index is 1.67. The fourth-order valence-electron chi connectivity index (χ4n) is 4.79. The van der Waals surface area contributed by atoms with Gasteiger partial charge in [0.05, 0.1) is 12.7 Å². The fourth-order valence-corrected chi connectivity index (χ4v) is 4.79. The van der Waals surface area contributed by atoms with Gasteiger partial charge in [-0.1, -0.05) is 55.3 Å². The van der Waals surface area contributed by atoms with Crippen molar-refractivity contribution in [1.29, 1.82) is 0 Å². The fraction of sp³-hybridized carbons (Fsp3) is 0.333. The van der Waals surface area contributed by atoms with Crippen LogP contribution in [-0.2, 0) is 12.2 Å². The first-order valence-corrected chi connectivity index (χ1v) is 10.7. The molecule has 1 aliphatic carbocycles. The van der Waals surface area contributed by atoms with E-state index in [1.807, 2.05) is 30.3 Å². The molecular formula is C27H30O3. The molecule has 1 aliphatic rings. The highest BCUT2D eigenvalue weighted by Crippen LogP contribution is 2.47. The van der Waals surface area contributed by atoms with Crippen molar-refractivity contribution in [2.45, 2.75) is 51.7 Å². The van der Waals surface area contributed by atoms with Gasteiger partial charge in [-0.3, -0.25) is 0 Å². The molecule has 3 heteroatoms. The summed E-state index contributed by atoms with van der Waals surface area (Å²) in [6.45, 7) is 4.68. The number of benzene rings is 3. The van der Waals surface area contributed by atoms with E-state index in [1.165, 1.54) is 0 Å². The molecule has 0 saturated heterocycles. The first-order valence-electron chi connectivity index (χ1n) is 10.7. The summed E-state index contributed by atoms with van der Waals surface area (Å²) in [4.78, 5) is 0. The van der Waals surface area contributed by atoms with Gasteiger partial charge < -0.3 is 14.6 Å². The van der Waals surface area contributed by atoms with Gasteiger partial charge in [0.15, 0.2) is 0 Å². The Morgan fingerprint density at radius 2 is 1.60 bits per heavy atom. The second-order valence-electron chi connectivity index (χ2n) is 8.31. The molecule has 1 saturated carbocycles. The van der Waals surface area contributed by atoms with E-state index in [4.69, 9.17) is 9.47 Å². The normalized spacial score (nSPS) is 15.2. The first kappa shape index (κ1) is 20.5. The van der Waals surface area contributed by atoms with Gasteiger partial charge in [0, 0.05) is 0 Å². The molecule has 4 rings (SSSR count). The number of aliphatic hydroxyl groups is 1. The van der Waals surface area contributed by atoms with Crippen molar-refractivity contribution < 1.29 is 14.6 Å². The molecule has 3 aromatic rings. The summed E-state index contributed by atoms with van der Waals surface area (Å²) in [5.74, 6) is 1.71. The van der Waals surface area contributed by atoms with E-state index in [1.54, 1.807) is 7.11 Å². The summed E-state index contributed by atoms with van der Waals surface area (Å²) in [6.07, 6.45) is 3.70. The molecule has 0 aliphatic heterocycles. The lowest BCUT2D eigenvalue weighted by molar-refractivity contribution is 0.0441. The minimum atomic E-state index is -0.789. The number of methoxy groups -OCH3 is 1. The molecule has 1 fully saturated rings. The SMILES string of the molecule is COc1c(C)cc(-c2ccc(OCc3ccccc3)cc2)c(C2(O)CCCC2)c1C. The van der Waals surface area contributed by atoms with Crippen LogP contribution in [0.4, 0.5) is 0 Å². The Labute approximate surface area is 179 Å². The molecule has 0 unspecified atom stereocenters. The zero-order chi connectivity index (χ0) is 21.1. The summed E-state index contributed by atoms with van der Waals surface area (Å²) < 4.78 is 11.6. The van der Waals surface area contributed by atoms with Crippen molar-refractivity contribution in [3.63, 3.8) is 0 Å². The van der Waals surface area contributed by atoms with E-state index < -0.39 is 5.60 Å². The third kappa shape index (κ3) is 3.95. The third-order valence-electron chi connectivity index (χ3n) is 6.22. The monoisotopic (exact) mass is 402 g/mol. The molecule has 0 atom stereocenters. The Morgan fingerprint density at radius 1 is 0.933 bits per heavy atom. The van der Waals surface area contributed by atoms with E-state index in [-0.39, 0.29) is 0 Å². The lowest BCUT2D eigenvalue weighted by Gasteiger charge is -2.30. The Bertz CT molecular complexity index is 1000. The van der Waals surface area contributed by atoms with E-state index in [2.05, 4.69) is 44.2 Å². The summed E-state index contributed by atoms with van der Waals surface area (Å²) in [7, 11) is 1.70. The molecule has 0 amide bonds. The Hall–Kier alpha value is -2.78. The van der Waals surface area contributed by atoms with Gasteiger partial charge in [0.25, 0.3) is 0 Å². The zero-order valence-corrected chi connectivity index (χ0v) is 18.1. The van der Waals surface area contributed by atoms with Crippen molar-refractivity contribution >= 4 is 0 Å². The number of hydrogen-bond acceptors (Lipinski definition) is 3. The number of ether oxygens (including phenoxy) is 2. The molecule has 1 N–H and O–H groups in total. The predicted molar refractivity (Wildman–Crippen MR) is 121 cm³/mol. The minimum Gasteiger partial charge on any atom is -0.496 e. The van der Waals surface area contributed by atoms with Crippen molar-refractivity contribution in [3.05, 3.63) is 82.9 Å². The standard InChI is InChI=1S/C27H30O3/c1-19-17-24(25(20(2)26(19)29-3)27(28)15-7-8-16-27)22-11-13-23(14-12-22)30-18-21-9-5-4-6-10-21/h4-6,9-14,17,28H,7-8,15-16,18H2,1-3H3. The average Bonchev–Trinajstić information content (AvgIpc) is 3.20. The van der Waals surface area contributed by atoms with E-state index in [9.17, 15) is 5.11 Å². The van der Waals surface area contributed by atoms with Gasteiger partial charge in [-0.2, -0.15) is 0 Å². The maximum atomic E-state index is 11.5.